The molecule has 0 saturated heterocycles. The number of ether oxygens (including phenoxy) is 1. The van der Waals surface area contributed by atoms with Crippen LogP contribution in [0.1, 0.15) is 17.3 Å². The van der Waals surface area contributed by atoms with E-state index >= 15 is 0 Å². The Morgan fingerprint density at radius 3 is 2.10 bits per heavy atom. The van der Waals surface area contributed by atoms with Gasteiger partial charge >= 0.3 is 5.97 Å². The van der Waals surface area contributed by atoms with Crippen LogP contribution in [0.4, 0.5) is 0 Å². The van der Waals surface area contributed by atoms with Crippen molar-refractivity contribution in [3.63, 3.8) is 0 Å². The van der Waals surface area contributed by atoms with E-state index in [1.165, 1.54) is 0 Å². The van der Waals surface area contributed by atoms with Crippen molar-refractivity contribution in [1.82, 2.24) is 14.8 Å². The van der Waals surface area contributed by atoms with Crippen LogP contribution in [0.2, 0.25) is 0 Å². The van der Waals surface area contributed by atoms with E-state index in [0.29, 0.717) is 40.6 Å². The van der Waals surface area contributed by atoms with Gasteiger partial charge in [0.05, 0.1) is 29.0 Å². The summed E-state index contributed by atoms with van der Waals surface area (Å²) in [5.74, 6) is 0.406. The summed E-state index contributed by atoms with van der Waals surface area (Å²) in [7, 11) is 0. The molecule has 0 aliphatic carbocycles. The zero-order chi connectivity index (χ0) is 21.1. The molecule has 0 aliphatic rings. The maximum absolute atomic E-state index is 11.9. The lowest BCUT2D eigenvalue weighted by Gasteiger charge is -2.08. The minimum Gasteiger partial charge on any atom is -0.507 e. The van der Waals surface area contributed by atoms with Gasteiger partial charge in [-0.3, -0.25) is 0 Å². The van der Waals surface area contributed by atoms with Crippen molar-refractivity contribution in [2.45, 2.75) is 6.92 Å². The Morgan fingerprint density at radius 2 is 1.50 bits per heavy atom. The number of aromatic hydroxyl groups is 2. The van der Waals surface area contributed by atoms with Crippen molar-refractivity contribution in [1.29, 1.82) is 0 Å². The highest BCUT2D eigenvalue weighted by molar-refractivity contribution is 5.89. The number of carbonyl (C=O) groups is 1. The summed E-state index contributed by atoms with van der Waals surface area (Å²) in [6, 6.07) is 20.3. The van der Waals surface area contributed by atoms with Crippen LogP contribution in [0.15, 0.2) is 72.8 Å². The first kappa shape index (κ1) is 19.2. The van der Waals surface area contributed by atoms with Gasteiger partial charge in [-0.25, -0.2) is 14.5 Å². The second-order valence-electron chi connectivity index (χ2n) is 6.47. The third-order valence-corrected chi connectivity index (χ3v) is 4.52. The average molecular weight is 401 g/mol. The topological polar surface area (TPSA) is 97.5 Å². The largest absolute Gasteiger partial charge is 0.507 e. The monoisotopic (exact) mass is 401 g/mol. The molecule has 150 valence electrons. The van der Waals surface area contributed by atoms with Crippen molar-refractivity contribution >= 4 is 5.97 Å². The molecule has 0 radical (unpaired) electrons. The minimum atomic E-state index is -0.404. The molecule has 1 heterocycles. The number of hydrogen-bond acceptors (Lipinski definition) is 6. The van der Waals surface area contributed by atoms with Gasteiger partial charge < -0.3 is 14.9 Å². The van der Waals surface area contributed by atoms with Gasteiger partial charge in [0.25, 0.3) is 0 Å². The van der Waals surface area contributed by atoms with Crippen LogP contribution in [0.25, 0.3) is 28.5 Å². The number of nitrogens with zero attached hydrogens (tertiary/aromatic N) is 3. The summed E-state index contributed by atoms with van der Waals surface area (Å²) < 4.78 is 6.58. The van der Waals surface area contributed by atoms with E-state index in [-0.39, 0.29) is 11.5 Å². The molecule has 0 bridgehead atoms. The number of phenolic OH excluding ortho intramolecular Hbond substituents is 2. The van der Waals surface area contributed by atoms with Crippen LogP contribution < -0.4 is 0 Å². The molecule has 1 aromatic heterocycles. The quantitative estimate of drug-likeness (QED) is 0.487. The lowest BCUT2D eigenvalue weighted by molar-refractivity contribution is 0.0526. The number of esters is 1. The Morgan fingerprint density at radius 1 is 0.900 bits per heavy atom. The fraction of sp³-hybridized carbons (Fsp3) is 0.0870. The second-order valence-corrected chi connectivity index (χ2v) is 6.47. The van der Waals surface area contributed by atoms with Crippen molar-refractivity contribution in [3.05, 3.63) is 78.4 Å². The van der Waals surface area contributed by atoms with E-state index < -0.39 is 5.97 Å². The van der Waals surface area contributed by atoms with E-state index in [2.05, 4.69) is 10.1 Å². The number of phenols is 2. The third-order valence-electron chi connectivity index (χ3n) is 4.52. The molecule has 0 amide bonds. The van der Waals surface area contributed by atoms with Crippen LogP contribution >= 0.6 is 0 Å². The zero-order valence-corrected chi connectivity index (χ0v) is 16.2. The third kappa shape index (κ3) is 3.60. The fourth-order valence-electron chi connectivity index (χ4n) is 3.06. The highest BCUT2D eigenvalue weighted by Gasteiger charge is 2.19. The highest BCUT2D eigenvalue weighted by Crippen LogP contribution is 2.33. The van der Waals surface area contributed by atoms with Gasteiger partial charge in [0.15, 0.2) is 11.6 Å². The van der Waals surface area contributed by atoms with Crippen molar-refractivity contribution < 1.29 is 19.7 Å². The first-order chi connectivity index (χ1) is 14.6. The lowest BCUT2D eigenvalue weighted by Crippen LogP contribution is -2.05. The van der Waals surface area contributed by atoms with Crippen LogP contribution in [-0.4, -0.2) is 37.6 Å². The summed E-state index contributed by atoms with van der Waals surface area (Å²) in [5, 5.41) is 25.1. The van der Waals surface area contributed by atoms with Gasteiger partial charge in [0, 0.05) is 0 Å². The van der Waals surface area contributed by atoms with Crippen molar-refractivity contribution in [2.24, 2.45) is 0 Å². The molecule has 0 fully saturated rings. The Bertz CT molecular complexity index is 1200. The standard InChI is InChI=1S/C23H19N3O4/c1-2-30-23(29)15-11-13-16(14-12-15)26-22(18-8-4-6-10-20(18)28)24-21(25-26)17-7-3-5-9-19(17)27/h3-14,27-28H,2H2,1H3. The normalized spacial score (nSPS) is 10.7. The SMILES string of the molecule is CCOC(=O)c1ccc(-n2nc(-c3ccccc3O)nc2-c2ccccc2O)cc1. The highest BCUT2D eigenvalue weighted by atomic mass is 16.5. The molecular formula is C23H19N3O4. The molecule has 0 atom stereocenters. The van der Waals surface area contributed by atoms with Crippen molar-refractivity contribution in [2.75, 3.05) is 6.61 Å². The van der Waals surface area contributed by atoms with Crippen LogP contribution in [-0.2, 0) is 4.74 Å². The summed E-state index contributed by atoms with van der Waals surface area (Å²) in [5.41, 5.74) is 2.01. The Labute approximate surface area is 172 Å². The van der Waals surface area contributed by atoms with Crippen LogP contribution in [0.5, 0.6) is 11.5 Å². The summed E-state index contributed by atoms with van der Waals surface area (Å²) in [6.45, 7) is 2.05. The van der Waals surface area contributed by atoms with E-state index in [9.17, 15) is 15.0 Å². The van der Waals surface area contributed by atoms with Gasteiger partial charge in [-0.15, -0.1) is 5.10 Å². The zero-order valence-electron chi connectivity index (χ0n) is 16.2. The molecule has 4 aromatic rings. The Kier molecular flexibility index (Phi) is 5.17. The first-order valence-corrected chi connectivity index (χ1v) is 9.40. The number of benzene rings is 3. The van der Waals surface area contributed by atoms with Crippen molar-refractivity contribution in [3.8, 4) is 40.0 Å². The number of para-hydroxylation sites is 2. The average Bonchev–Trinajstić information content (AvgIpc) is 3.19. The summed E-state index contributed by atoms with van der Waals surface area (Å²) in [4.78, 5) is 16.5. The fourth-order valence-corrected chi connectivity index (χ4v) is 3.06. The number of aromatic nitrogens is 3. The van der Waals surface area contributed by atoms with E-state index in [4.69, 9.17) is 4.74 Å². The summed E-state index contributed by atoms with van der Waals surface area (Å²) in [6.07, 6.45) is 0. The molecule has 7 nitrogen and oxygen atoms in total. The lowest BCUT2D eigenvalue weighted by atomic mass is 10.1. The van der Waals surface area contributed by atoms with E-state index in [0.717, 1.165) is 0 Å². The van der Waals surface area contributed by atoms with Crippen LogP contribution in [0.3, 0.4) is 0 Å². The molecule has 0 aliphatic heterocycles. The van der Waals surface area contributed by atoms with Crippen LogP contribution in [0, 0.1) is 0 Å². The van der Waals surface area contributed by atoms with Gasteiger partial charge in [-0.1, -0.05) is 24.3 Å². The molecule has 0 unspecified atom stereocenters. The molecule has 3 aromatic carbocycles. The Balaban J connectivity index is 1.85. The molecule has 30 heavy (non-hydrogen) atoms. The van der Waals surface area contributed by atoms with Gasteiger partial charge in [-0.05, 0) is 55.5 Å². The predicted octanol–water partition coefficient (Wildman–Crippen LogP) is 4.19. The minimum absolute atomic E-state index is 0.0520. The predicted molar refractivity (Wildman–Crippen MR) is 112 cm³/mol. The second kappa shape index (κ2) is 8.08. The number of hydrogen-bond donors (Lipinski definition) is 2. The number of carbonyl (C=O) groups excluding carboxylic acids is 1. The van der Waals surface area contributed by atoms with Gasteiger partial charge in [-0.2, -0.15) is 0 Å². The van der Waals surface area contributed by atoms with Gasteiger partial charge in [0.1, 0.15) is 11.5 Å². The maximum atomic E-state index is 11.9. The molecule has 4 rings (SSSR count). The molecule has 7 heteroatoms. The summed E-state index contributed by atoms with van der Waals surface area (Å²) >= 11 is 0. The molecular weight excluding hydrogens is 382 g/mol. The molecule has 2 N–H and O–H groups in total. The first-order valence-electron chi connectivity index (χ1n) is 9.40. The van der Waals surface area contributed by atoms with E-state index in [1.54, 1.807) is 84.4 Å². The number of rotatable bonds is 5. The van der Waals surface area contributed by atoms with E-state index in [1.807, 2.05) is 0 Å². The maximum Gasteiger partial charge on any atom is 0.338 e. The van der Waals surface area contributed by atoms with Gasteiger partial charge in [0.2, 0.25) is 0 Å². The molecule has 0 spiro atoms. The molecule has 0 saturated carbocycles. The Hall–Kier alpha value is -4.13. The smallest absolute Gasteiger partial charge is 0.338 e.